The summed E-state index contributed by atoms with van der Waals surface area (Å²) in [4.78, 5) is 13.9. The number of rotatable bonds is 7. The summed E-state index contributed by atoms with van der Waals surface area (Å²) in [7, 11) is 0. The van der Waals surface area contributed by atoms with Crippen LogP contribution in [0.15, 0.2) is 30.4 Å². The van der Waals surface area contributed by atoms with Crippen LogP contribution in [0.4, 0.5) is 4.39 Å². The van der Waals surface area contributed by atoms with E-state index in [0.29, 0.717) is 18.7 Å². The highest BCUT2D eigenvalue weighted by molar-refractivity contribution is 5.78. The van der Waals surface area contributed by atoms with Gasteiger partial charge in [0.25, 0.3) is 0 Å². The van der Waals surface area contributed by atoms with Crippen molar-refractivity contribution in [2.45, 2.75) is 27.3 Å². The Balaban J connectivity index is 2.46. The number of amides is 1. The van der Waals surface area contributed by atoms with Crippen LogP contribution in [0.5, 0.6) is 0 Å². The fourth-order valence-electron chi connectivity index (χ4n) is 1.94. The minimum atomic E-state index is -0.223. The monoisotopic (exact) mass is 278 g/mol. The van der Waals surface area contributed by atoms with Crippen LogP contribution >= 0.6 is 0 Å². The maximum Gasteiger partial charge on any atom is 0.234 e. The standard InChI is InChI=1S/C16H23FN2O/c1-5-19(10-12(2)3)11-16(20)18-9-14-6-7-15(17)13(4)8-14/h6-8H,2,5,9-11H2,1,3-4H3,(H,18,20). The lowest BCUT2D eigenvalue weighted by Crippen LogP contribution is -2.37. The molecule has 0 atom stereocenters. The Hall–Kier alpha value is -1.68. The van der Waals surface area contributed by atoms with Crippen molar-refractivity contribution >= 4 is 5.91 Å². The molecule has 0 aromatic heterocycles. The molecule has 0 radical (unpaired) electrons. The SMILES string of the molecule is C=C(C)CN(CC)CC(=O)NCc1ccc(F)c(C)c1. The van der Waals surface area contributed by atoms with Gasteiger partial charge in [-0.25, -0.2) is 4.39 Å². The number of nitrogens with zero attached hydrogens (tertiary/aromatic N) is 1. The van der Waals surface area contributed by atoms with E-state index in [9.17, 15) is 9.18 Å². The van der Waals surface area contributed by atoms with E-state index in [1.54, 1.807) is 19.1 Å². The molecule has 1 aromatic rings. The predicted molar refractivity (Wildman–Crippen MR) is 79.9 cm³/mol. The second-order valence-corrected chi connectivity index (χ2v) is 5.12. The first-order valence-electron chi connectivity index (χ1n) is 6.80. The lowest BCUT2D eigenvalue weighted by atomic mass is 10.1. The summed E-state index contributed by atoms with van der Waals surface area (Å²) in [6.45, 7) is 11.8. The van der Waals surface area contributed by atoms with E-state index < -0.39 is 0 Å². The number of benzene rings is 1. The maximum absolute atomic E-state index is 13.1. The number of carbonyl (C=O) groups is 1. The molecule has 0 saturated carbocycles. The van der Waals surface area contributed by atoms with Gasteiger partial charge in [0, 0.05) is 13.1 Å². The second-order valence-electron chi connectivity index (χ2n) is 5.12. The van der Waals surface area contributed by atoms with Gasteiger partial charge in [-0.05, 0) is 37.6 Å². The molecule has 4 heteroatoms. The highest BCUT2D eigenvalue weighted by Crippen LogP contribution is 2.08. The predicted octanol–water partition coefficient (Wildman–Crippen LogP) is 2.65. The molecule has 0 saturated heterocycles. The van der Waals surface area contributed by atoms with Gasteiger partial charge < -0.3 is 5.32 Å². The molecule has 0 spiro atoms. The molecular weight excluding hydrogens is 255 g/mol. The molecule has 110 valence electrons. The molecule has 0 aliphatic heterocycles. The first-order valence-corrected chi connectivity index (χ1v) is 6.80. The van der Waals surface area contributed by atoms with Crippen molar-refractivity contribution in [3.05, 3.63) is 47.3 Å². The van der Waals surface area contributed by atoms with E-state index >= 15 is 0 Å². The van der Waals surface area contributed by atoms with Gasteiger partial charge >= 0.3 is 0 Å². The van der Waals surface area contributed by atoms with Gasteiger partial charge in [0.2, 0.25) is 5.91 Å². The lowest BCUT2D eigenvalue weighted by molar-refractivity contribution is -0.122. The van der Waals surface area contributed by atoms with E-state index in [-0.39, 0.29) is 11.7 Å². The molecule has 1 rings (SSSR count). The minimum Gasteiger partial charge on any atom is -0.351 e. The van der Waals surface area contributed by atoms with Crippen molar-refractivity contribution in [1.29, 1.82) is 0 Å². The largest absolute Gasteiger partial charge is 0.351 e. The number of likely N-dealkylation sites (N-methyl/N-ethyl adjacent to an activating group) is 1. The molecule has 0 unspecified atom stereocenters. The molecular formula is C16H23FN2O. The van der Waals surface area contributed by atoms with Crippen molar-refractivity contribution < 1.29 is 9.18 Å². The molecule has 0 aliphatic carbocycles. The number of hydrogen-bond acceptors (Lipinski definition) is 2. The first-order chi connectivity index (χ1) is 9.42. The van der Waals surface area contributed by atoms with Crippen molar-refractivity contribution in [2.75, 3.05) is 19.6 Å². The van der Waals surface area contributed by atoms with E-state index in [1.807, 2.05) is 18.7 Å². The lowest BCUT2D eigenvalue weighted by Gasteiger charge is -2.19. The number of nitrogens with one attached hydrogen (secondary N) is 1. The molecule has 0 aliphatic rings. The Morgan fingerprint density at radius 3 is 2.65 bits per heavy atom. The number of aryl methyl sites for hydroxylation is 1. The van der Waals surface area contributed by atoms with E-state index in [2.05, 4.69) is 11.9 Å². The number of carbonyl (C=O) groups excluding carboxylic acids is 1. The first kappa shape index (κ1) is 16.4. The Morgan fingerprint density at radius 1 is 1.40 bits per heavy atom. The molecule has 0 heterocycles. The quantitative estimate of drug-likeness (QED) is 0.778. The van der Waals surface area contributed by atoms with Crippen LogP contribution in [0.2, 0.25) is 0 Å². The van der Waals surface area contributed by atoms with Crippen molar-refractivity contribution in [1.82, 2.24) is 10.2 Å². The smallest absolute Gasteiger partial charge is 0.234 e. The fourth-order valence-corrected chi connectivity index (χ4v) is 1.94. The molecule has 0 bridgehead atoms. The third-order valence-corrected chi connectivity index (χ3v) is 3.02. The highest BCUT2D eigenvalue weighted by Gasteiger charge is 2.09. The van der Waals surface area contributed by atoms with Gasteiger partial charge in [-0.3, -0.25) is 9.69 Å². The third-order valence-electron chi connectivity index (χ3n) is 3.02. The molecule has 1 amide bonds. The summed E-state index contributed by atoms with van der Waals surface area (Å²) >= 11 is 0. The Kier molecular flexibility index (Phi) is 6.39. The molecule has 0 fully saturated rings. The summed E-state index contributed by atoms with van der Waals surface area (Å²) in [5.74, 6) is -0.256. The van der Waals surface area contributed by atoms with Gasteiger partial charge in [0.05, 0.1) is 6.54 Å². The Morgan fingerprint density at radius 2 is 2.10 bits per heavy atom. The zero-order valence-corrected chi connectivity index (χ0v) is 12.5. The van der Waals surface area contributed by atoms with Crippen LogP contribution in [0, 0.1) is 12.7 Å². The van der Waals surface area contributed by atoms with Crippen molar-refractivity contribution in [3.8, 4) is 0 Å². The van der Waals surface area contributed by atoms with Crippen LogP contribution in [-0.2, 0) is 11.3 Å². The van der Waals surface area contributed by atoms with Crippen LogP contribution < -0.4 is 5.32 Å². The second kappa shape index (κ2) is 7.80. The Bertz CT molecular complexity index is 485. The molecule has 1 N–H and O–H groups in total. The summed E-state index contributed by atoms with van der Waals surface area (Å²) in [5, 5.41) is 2.85. The topological polar surface area (TPSA) is 32.3 Å². The summed E-state index contributed by atoms with van der Waals surface area (Å²) in [5.41, 5.74) is 2.53. The zero-order valence-electron chi connectivity index (χ0n) is 12.5. The van der Waals surface area contributed by atoms with Crippen LogP contribution in [0.25, 0.3) is 0 Å². The molecule has 1 aromatic carbocycles. The van der Waals surface area contributed by atoms with Gasteiger partial charge in [0.15, 0.2) is 0 Å². The average Bonchev–Trinajstić information content (AvgIpc) is 2.39. The van der Waals surface area contributed by atoms with Crippen molar-refractivity contribution in [3.63, 3.8) is 0 Å². The van der Waals surface area contributed by atoms with Gasteiger partial charge in [0.1, 0.15) is 5.82 Å². The Labute approximate surface area is 120 Å². The number of hydrogen-bond donors (Lipinski definition) is 1. The maximum atomic E-state index is 13.1. The van der Waals surface area contributed by atoms with Crippen LogP contribution in [0.3, 0.4) is 0 Å². The summed E-state index contributed by atoms with van der Waals surface area (Å²) in [6, 6.07) is 4.87. The zero-order chi connectivity index (χ0) is 15.1. The van der Waals surface area contributed by atoms with E-state index in [1.165, 1.54) is 6.07 Å². The number of halogens is 1. The highest BCUT2D eigenvalue weighted by atomic mass is 19.1. The van der Waals surface area contributed by atoms with Crippen molar-refractivity contribution in [2.24, 2.45) is 0 Å². The minimum absolute atomic E-state index is 0.0323. The van der Waals surface area contributed by atoms with Gasteiger partial charge in [-0.15, -0.1) is 0 Å². The molecule has 20 heavy (non-hydrogen) atoms. The summed E-state index contributed by atoms with van der Waals surface area (Å²) in [6.07, 6.45) is 0. The van der Waals surface area contributed by atoms with Crippen LogP contribution in [-0.4, -0.2) is 30.4 Å². The normalized spacial score (nSPS) is 10.7. The van der Waals surface area contributed by atoms with Crippen LogP contribution in [0.1, 0.15) is 25.0 Å². The molecule has 3 nitrogen and oxygen atoms in total. The van der Waals surface area contributed by atoms with Gasteiger partial charge in [-0.2, -0.15) is 0 Å². The van der Waals surface area contributed by atoms with E-state index in [4.69, 9.17) is 0 Å². The fraction of sp³-hybridized carbons (Fsp3) is 0.438. The van der Waals surface area contributed by atoms with Gasteiger partial charge in [-0.1, -0.05) is 31.2 Å². The summed E-state index contributed by atoms with van der Waals surface area (Å²) < 4.78 is 13.1. The third kappa shape index (κ3) is 5.53. The average molecular weight is 278 g/mol. The van der Waals surface area contributed by atoms with E-state index in [0.717, 1.165) is 24.2 Å².